The summed E-state index contributed by atoms with van der Waals surface area (Å²) in [5.41, 5.74) is 1.40. The lowest BCUT2D eigenvalue weighted by Gasteiger charge is -2.26. The van der Waals surface area contributed by atoms with Crippen LogP contribution in [0.5, 0.6) is 0 Å². The van der Waals surface area contributed by atoms with Crippen LogP contribution in [-0.2, 0) is 21.3 Å². The predicted molar refractivity (Wildman–Crippen MR) is 120 cm³/mol. The highest BCUT2D eigenvalue weighted by Gasteiger charge is 2.28. The second-order valence-electron chi connectivity index (χ2n) is 7.27. The van der Waals surface area contributed by atoms with Crippen molar-refractivity contribution in [3.05, 3.63) is 76.0 Å². The monoisotopic (exact) mass is 475 g/mol. The first-order valence-corrected chi connectivity index (χ1v) is 12.3. The summed E-state index contributed by atoms with van der Waals surface area (Å²) in [5.74, 6) is -0.814. The van der Waals surface area contributed by atoms with Crippen molar-refractivity contribution in [1.82, 2.24) is 9.29 Å². The molecule has 1 aliphatic heterocycles. The van der Waals surface area contributed by atoms with Crippen LogP contribution < -0.4 is 4.90 Å². The van der Waals surface area contributed by atoms with Gasteiger partial charge in [0.05, 0.1) is 35.4 Å². The van der Waals surface area contributed by atoms with Crippen molar-refractivity contribution in [3.8, 4) is 0 Å². The molecular weight excluding hydrogens is 453 g/mol. The van der Waals surface area contributed by atoms with Crippen LogP contribution in [0.4, 0.5) is 10.1 Å². The molecule has 1 saturated heterocycles. The van der Waals surface area contributed by atoms with Crippen molar-refractivity contribution in [3.63, 3.8) is 0 Å². The minimum Gasteiger partial charge on any atom is -0.379 e. The second kappa shape index (κ2) is 9.45. The fourth-order valence-electron chi connectivity index (χ4n) is 3.43. The molecule has 1 aliphatic rings. The quantitative estimate of drug-likeness (QED) is 0.546. The Labute approximate surface area is 190 Å². The van der Waals surface area contributed by atoms with Crippen LogP contribution in [-0.4, -0.2) is 49.9 Å². The van der Waals surface area contributed by atoms with E-state index in [1.54, 1.807) is 12.1 Å². The molecule has 1 aromatic heterocycles. The zero-order valence-corrected chi connectivity index (χ0v) is 19.0. The minimum atomic E-state index is -3.75. The predicted octanol–water partition coefficient (Wildman–Crippen LogP) is 3.46. The number of sulfonamides is 1. The maximum absolute atomic E-state index is 13.5. The Bertz CT molecular complexity index is 1210. The largest absolute Gasteiger partial charge is 0.379 e. The second-order valence-corrected chi connectivity index (χ2v) is 10.3. The lowest BCUT2D eigenvalue weighted by atomic mass is 10.1. The van der Waals surface area contributed by atoms with Gasteiger partial charge in [-0.2, -0.15) is 4.31 Å². The van der Waals surface area contributed by atoms with Gasteiger partial charge in [-0.25, -0.2) is 17.8 Å². The SMILES string of the molecule is Cc1nc(CN(C(=O)c2cccc(S(=O)(=O)N3CCOCC3)c2)c2ccc(F)cc2)cs1. The van der Waals surface area contributed by atoms with Crippen LogP contribution >= 0.6 is 11.3 Å². The molecule has 2 heterocycles. The van der Waals surface area contributed by atoms with Gasteiger partial charge < -0.3 is 9.64 Å². The molecule has 0 bridgehead atoms. The van der Waals surface area contributed by atoms with Crippen LogP contribution in [0.1, 0.15) is 21.1 Å². The number of hydrogen-bond acceptors (Lipinski definition) is 6. The van der Waals surface area contributed by atoms with E-state index in [4.69, 9.17) is 4.74 Å². The summed E-state index contributed by atoms with van der Waals surface area (Å²) in [6.45, 7) is 3.26. The topological polar surface area (TPSA) is 79.8 Å². The van der Waals surface area contributed by atoms with Gasteiger partial charge in [0.25, 0.3) is 5.91 Å². The maximum atomic E-state index is 13.5. The molecule has 0 aliphatic carbocycles. The Morgan fingerprint density at radius 2 is 1.91 bits per heavy atom. The molecule has 10 heteroatoms. The Balaban J connectivity index is 1.67. The number of hydrogen-bond donors (Lipinski definition) is 0. The third kappa shape index (κ3) is 4.88. The molecule has 3 aromatic rings. The molecule has 1 amide bonds. The maximum Gasteiger partial charge on any atom is 0.258 e. The first-order valence-electron chi connectivity index (χ1n) is 10.0. The van der Waals surface area contributed by atoms with Gasteiger partial charge in [0, 0.05) is 29.7 Å². The summed E-state index contributed by atoms with van der Waals surface area (Å²) >= 11 is 1.47. The molecule has 4 rings (SSSR count). The number of thiazole rings is 1. The summed E-state index contributed by atoms with van der Waals surface area (Å²) in [7, 11) is -3.75. The standard InChI is InChI=1S/C22H22FN3O4S2/c1-16-24-19(15-31-16)14-26(20-7-5-18(23)6-8-20)22(27)17-3-2-4-21(13-17)32(28,29)25-9-11-30-12-10-25/h2-8,13,15H,9-12,14H2,1H3. The van der Waals surface area contributed by atoms with Gasteiger partial charge in [-0.05, 0) is 49.4 Å². The lowest BCUT2D eigenvalue weighted by Crippen LogP contribution is -2.40. The van der Waals surface area contributed by atoms with Crippen molar-refractivity contribution >= 4 is 33.0 Å². The van der Waals surface area contributed by atoms with Crippen LogP contribution in [0.15, 0.2) is 58.8 Å². The Morgan fingerprint density at radius 3 is 2.56 bits per heavy atom. The number of aryl methyl sites for hydroxylation is 1. The summed E-state index contributed by atoms with van der Waals surface area (Å²) in [4.78, 5) is 19.4. The molecule has 0 saturated carbocycles. The third-order valence-electron chi connectivity index (χ3n) is 5.06. The summed E-state index contributed by atoms with van der Waals surface area (Å²) in [6, 6.07) is 11.6. The van der Waals surface area contributed by atoms with Gasteiger partial charge in [-0.1, -0.05) is 6.07 Å². The van der Waals surface area contributed by atoms with Crippen LogP contribution in [0.25, 0.3) is 0 Å². The highest BCUT2D eigenvalue weighted by molar-refractivity contribution is 7.89. The average Bonchev–Trinajstić information content (AvgIpc) is 3.23. The number of aromatic nitrogens is 1. The number of ether oxygens (including phenoxy) is 1. The first-order chi connectivity index (χ1) is 15.3. The van der Waals surface area contributed by atoms with Crippen molar-refractivity contribution in [2.45, 2.75) is 18.4 Å². The van der Waals surface area contributed by atoms with Gasteiger partial charge in [0.15, 0.2) is 0 Å². The highest BCUT2D eigenvalue weighted by Crippen LogP contribution is 2.24. The van der Waals surface area contributed by atoms with E-state index in [-0.39, 0.29) is 30.1 Å². The molecule has 0 N–H and O–H groups in total. The van der Waals surface area contributed by atoms with Crippen LogP contribution in [0.3, 0.4) is 0 Å². The number of anilines is 1. The normalized spacial score (nSPS) is 14.9. The van der Waals surface area contributed by atoms with Gasteiger partial charge in [0.2, 0.25) is 10.0 Å². The van der Waals surface area contributed by atoms with Gasteiger partial charge >= 0.3 is 0 Å². The van der Waals surface area contributed by atoms with E-state index in [9.17, 15) is 17.6 Å². The van der Waals surface area contributed by atoms with E-state index in [0.717, 1.165) is 5.01 Å². The van der Waals surface area contributed by atoms with E-state index in [0.29, 0.717) is 24.6 Å². The number of morpholine rings is 1. The van der Waals surface area contributed by atoms with E-state index < -0.39 is 21.7 Å². The van der Waals surface area contributed by atoms with E-state index in [1.165, 1.54) is 56.9 Å². The number of benzene rings is 2. The van der Waals surface area contributed by atoms with Crippen LogP contribution in [0.2, 0.25) is 0 Å². The molecule has 0 atom stereocenters. The molecule has 0 radical (unpaired) electrons. The van der Waals surface area contributed by atoms with E-state index in [1.807, 2.05) is 12.3 Å². The van der Waals surface area contributed by atoms with Crippen molar-refractivity contribution < 1.29 is 22.3 Å². The highest BCUT2D eigenvalue weighted by atomic mass is 32.2. The summed E-state index contributed by atoms with van der Waals surface area (Å²) in [5, 5.41) is 2.73. The minimum absolute atomic E-state index is 0.0498. The smallest absolute Gasteiger partial charge is 0.258 e. The average molecular weight is 476 g/mol. The number of halogens is 1. The molecule has 168 valence electrons. The summed E-state index contributed by atoms with van der Waals surface area (Å²) in [6.07, 6.45) is 0. The molecule has 0 unspecified atom stereocenters. The number of nitrogens with zero attached hydrogens (tertiary/aromatic N) is 3. The van der Waals surface area contributed by atoms with Gasteiger partial charge in [0.1, 0.15) is 5.82 Å². The number of carbonyl (C=O) groups excluding carboxylic acids is 1. The lowest BCUT2D eigenvalue weighted by molar-refractivity contribution is 0.0730. The van der Waals surface area contributed by atoms with Crippen molar-refractivity contribution in [2.75, 3.05) is 31.2 Å². The molecular formula is C22H22FN3O4S2. The van der Waals surface area contributed by atoms with Gasteiger partial charge in [-0.3, -0.25) is 4.79 Å². The number of carbonyl (C=O) groups is 1. The van der Waals surface area contributed by atoms with E-state index >= 15 is 0 Å². The zero-order valence-electron chi connectivity index (χ0n) is 17.4. The first kappa shape index (κ1) is 22.5. The molecule has 2 aromatic carbocycles. The fraction of sp³-hybridized carbons (Fsp3) is 0.273. The third-order valence-corrected chi connectivity index (χ3v) is 7.78. The Kier molecular flexibility index (Phi) is 6.66. The van der Waals surface area contributed by atoms with Gasteiger partial charge in [-0.15, -0.1) is 11.3 Å². The number of rotatable bonds is 6. The number of amides is 1. The molecule has 32 heavy (non-hydrogen) atoms. The van der Waals surface area contributed by atoms with Crippen molar-refractivity contribution in [2.24, 2.45) is 0 Å². The fourth-order valence-corrected chi connectivity index (χ4v) is 5.48. The van der Waals surface area contributed by atoms with E-state index in [2.05, 4.69) is 4.98 Å². The molecule has 1 fully saturated rings. The summed E-state index contributed by atoms with van der Waals surface area (Å²) < 4.78 is 46.1. The molecule has 7 nitrogen and oxygen atoms in total. The zero-order chi connectivity index (χ0) is 22.7. The van der Waals surface area contributed by atoms with Crippen molar-refractivity contribution in [1.29, 1.82) is 0 Å². The van der Waals surface area contributed by atoms with Crippen LogP contribution in [0, 0.1) is 12.7 Å². The Morgan fingerprint density at radius 1 is 1.19 bits per heavy atom. The molecule has 0 spiro atoms. The Hall–Kier alpha value is -2.66.